The Bertz CT molecular complexity index is 407. The molecule has 6 nitrogen and oxygen atoms in total. The van der Waals surface area contributed by atoms with E-state index in [-0.39, 0.29) is 5.92 Å². The van der Waals surface area contributed by atoms with Crippen LogP contribution in [0.3, 0.4) is 0 Å². The zero-order valence-electron chi connectivity index (χ0n) is 11.4. The minimum atomic E-state index is -0.739. The van der Waals surface area contributed by atoms with Gasteiger partial charge in [0, 0.05) is 6.54 Å². The van der Waals surface area contributed by atoms with Gasteiger partial charge in [-0.1, -0.05) is 13.3 Å². The first-order valence-corrected chi connectivity index (χ1v) is 7.00. The van der Waals surface area contributed by atoms with E-state index in [4.69, 9.17) is 0 Å². The van der Waals surface area contributed by atoms with E-state index in [0.717, 1.165) is 45.2 Å². The van der Waals surface area contributed by atoms with Crippen molar-refractivity contribution in [1.82, 2.24) is 20.1 Å². The Kier molecular flexibility index (Phi) is 4.52. The van der Waals surface area contributed by atoms with Gasteiger partial charge in [-0.2, -0.15) is 5.10 Å². The van der Waals surface area contributed by atoms with Crippen LogP contribution in [0.15, 0.2) is 12.7 Å². The molecular formula is C13H22N4O2. The summed E-state index contributed by atoms with van der Waals surface area (Å²) in [5.41, 5.74) is -0.739. The molecule has 19 heavy (non-hydrogen) atoms. The Morgan fingerprint density at radius 2 is 2.47 bits per heavy atom. The number of hydrogen-bond donors (Lipinski definition) is 2. The second-order valence-corrected chi connectivity index (χ2v) is 5.24. The molecule has 0 radical (unpaired) electrons. The molecule has 2 N–H and O–H groups in total. The average molecular weight is 266 g/mol. The van der Waals surface area contributed by atoms with Gasteiger partial charge in [-0.05, 0) is 38.1 Å². The minimum Gasteiger partial charge on any atom is -0.480 e. The van der Waals surface area contributed by atoms with Crippen LogP contribution in [0.1, 0.15) is 39.0 Å². The molecule has 106 valence electrons. The van der Waals surface area contributed by atoms with Gasteiger partial charge < -0.3 is 10.4 Å². The smallest absolute Gasteiger partial charge is 0.324 e. The van der Waals surface area contributed by atoms with Gasteiger partial charge in [-0.15, -0.1) is 0 Å². The lowest BCUT2D eigenvalue weighted by atomic mass is 9.84. The first-order valence-electron chi connectivity index (χ1n) is 7.00. The molecule has 1 aliphatic carbocycles. The maximum atomic E-state index is 11.7. The summed E-state index contributed by atoms with van der Waals surface area (Å²) in [4.78, 5) is 15.6. The summed E-state index contributed by atoms with van der Waals surface area (Å²) < 4.78 is 1.77. The van der Waals surface area contributed by atoms with E-state index in [9.17, 15) is 9.90 Å². The Hall–Kier alpha value is -1.43. The third-order valence-electron chi connectivity index (χ3n) is 4.07. The molecule has 1 aliphatic rings. The maximum Gasteiger partial charge on any atom is 0.324 e. The highest BCUT2D eigenvalue weighted by Crippen LogP contribution is 2.38. The van der Waals surface area contributed by atoms with Gasteiger partial charge in [-0.25, -0.2) is 4.98 Å². The zero-order valence-corrected chi connectivity index (χ0v) is 11.4. The number of nitrogens with one attached hydrogen (secondary N) is 1. The minimum absolute atomic E-state index is 0.167. The van der Waals surface area contributed by atoms with Crippen LogP contribution in [-0.4, -0.2) is 37.9 Å². The van der Waals surface area contributed by atoms with Crippen molar-refractivity contribution in [2.24, 2.45) is 5.92 Å². The fraction of sp³-hybridized carbons (Fsp3) is 0.769. The molecule has 0 amide bonds. The number of aliphatic carboxylic acids is 1. The summed E-state index contributed by atoms with van der Waals surface area (Å²) in [7, 11) is 0. The second kappa shape index (κ2) is 6.14. The number of carboxylic acids is 1. The van der Waals surface area contributed by atoms with Crippen molar-refractivity contribution in [3.63, 3.8) is 0 Å². The summed E-state index contributed by atoms with van der Waals surface area (Å²) >= 11 is 0. The van der Waals surface area contributed by atoms with Gasteiger partial charge in [-0.3, -0.25) is 9.48 Å². The molecule has 1 aromatic rings. The zero-order chi connectivity index (χ0) is 13.7. The van der Waals surface area contributed by atoms with E-state index in [0.29, 0.717) is 0 Å². The Morgan fingerprint density at radius 1 is 1.63 bits per heavy atom. The van der Waals surface area contributed by atoms with Gasteiger partial charge in [0.25, 0.3) is 0 Å². The van der Waals surface area contributed by atoms with Crippen LogP contribution >= 0.6 is 0 Å². The quantitative estimate of drug-likeness (QED) is 0.777. The summed E-state index contributed by atoms with van der Waals surface area (Å²) in [5.74, 6) is -0.539. The summed E-state index contributed by atoms with van der Waals surface area (Å²) in [6.07, 6.45) is 7.63. The maximum absolute atomic E-state index is 11.7. The Labute approximate surface area is 113 Å². The van der Waals surface area contributed by atoms with Crippen molar-refractivity contribution in [2.75, 3.05) is 6.54 Å². The monoisotopic (exact) mass is 266 g/mol. The molecule has 1 saturated carbocycles. The molecular weight excluding hydrogens is 244 g/mol. The van der Waals surface area contributed by atoms with Crippen LogP contribution in [-0.2, 0) is 11.3 Å². The van der Waals surface area contributed by atoms with Gasteiger partial charge in [0.2, 0.25) is 0 Å². The Balaban J connectivity index is 2.02. The van der Waals surface area contributed by atoms with E-state index < -0.39 is 11.5 Å². The molecule has 0 spiro atoms. The molecule has 2 unspecified atom stereocenters. The van der Waals surface area contributed by atoms with Crippen LogP contribution in [0, 0.1) is 5.92 Å². The third kappa shape index (κ3) is 2.94. The fourth-order valence-electron chi connectivity index (χ4n) is 3.04. The van der Waals surface area contributed by atoms with Crippen LogP contribution in [0.5, 0.6) is 0 Å². The normalized spacial score (nSPS) is 26.7. The molecule has 1 heterocycles. The molecule has 0 saturated heterocycles. The molecule has 1 aromatic heterocycles. The van der Waals surface area contributed by atoms with E-state index in [2.05, 4.69) is 22.3 Å². The van der Waals surface area contributed by atoms with E-state index in [1.807, 2.05) is 0 Å². The molecule has 6 heteroatoms. The summed E-state index contributed by atoms with van der Waals surface area (Å²) in [6.45, 7) is 3.54. The Morgan fingerprint density at radius 3 is 3.11 bits per heavy atom. The predicted octanol–water partition coefficient (Wildman–Crippen LogP) is 1.29. The fourth-order valence-corrected chi connectivity index (χ4v) is 3.04. The number of rotatable bonds is 7. The first-order chi connectivity index (χ1) is 9.19. The molecule has 2 atom stereocenters. The number of aryl methyl sites for hydroxylation is 1. The highest BCUT2D eigenvalue weighted by molar-refractivity contribution is 5.79. The number of aromatic nitrogens is 3. The first kappa shape index (κ1) is 14.0. The van der Waals surface area contributed by atoms with Gasteiger partial charge in [0.05, 0.1) is 0 Å². The van der Waals surface area contributed by atoms with E-state index >= 15 is 0 Å². The molecule has 0 aliphatic heterocycles. The second-order valence-electron chi connectivity index (χ2n) is 5.24. The predicted molar refractivity (Wildman–Crippen MR) is 70.6 cm³/mol. The van der Waals surface area contributed by atoms with Crippen molar-refractivity contribution in [1.29, 1.82) is 0 Å². The topological polar surface area (TPSA) is 80.0 Å². The van der Waals surface area contributed by atoms with Gasteiger partial charge in [0.15, 0.2) is 0 Å². The van der Waals surface area contributed by atoms with Crippen molar-refractivity contribution in [2.45, 2.75) is 51.1 Å². The van der Waals surface area contributed by atoms with Gasteiger partial charge in [0.1, 0.15) is 18.2 Å². The summed E-state index contributed by atoms with van der Waals surface area (Å²) in [6, 6.07) is 0. The summed E-state index contributed by atoms with van der Waals surface area (Å²) in [5, 5.41) is 17.0. The highest BCUT2D eigenvalue weighted by Gasteiger charge is 2.48. The average Bonchev–Trinajstić information content (AvgIpc) is 3.03. The van der Waals surface area contributed by atoms with Gasteiger partial charge >= 0.3 is 5.97 Å². The standard InChI is InChI=1S/C13H22N4O2/c1-2-7-15-13(12(18)19)6-3-4-11(13)5-8-17-10-14-9-16-17/h9-11,15H,2-8H2,1H3,(H,18,19). The van der Waals surface area contributed by atoms with Crippen LogP contribution in [0.2, 0.25) is 0 Å². The number of nitrogens with zero attached hydrogens (tertiary/aromatic N) is 3. The molecule has 1 fully saturated rings. The van der Waals surface area contributed by atoms with Crippen molar-refractivity contribution in [3.05, 3.63) is 12.7 Å². The van der Waals surface area contributed by atoms with E-state index in [1.165, 1.54) is 6.33 Å². The van der Waals surface area contributed by atoms with Crippen LogP contribution in [0.25, 0.3) is 0 Å². The molecule has 2 rings (SSSR count). The van der Waals surface area contributed by atoms with E-state index in [1.54, 1.807) is 11.0 Å². The third-order valence-corrected chi connectivity index (χ3v) is 4.07. The van der Waals surface area contributed by atoms with Crippen molar-refractivity contribution in [3.8, 4) is 0 Å². The largest absolute Gasteiger partial charge is 0.480 e. The lowest BCUT2D eigenvalue weighted by molar-refractivity contribution is -0.146. The van der Waals surface area contributed by atoms with Crippen LogP contribution in [0.4, 0.5) is 0 Å². The highest BCUT2D eigenvalue weighted by atomic mass is 16.4. The number of hydrogen-bond acceptors (Lipinski definition) is 4. The molecule has 0 bridgehead atoms. The SMILES string of the molecule is CCCNC1(C(=O)O)CCCC1CCn1cncn1. The number of carboxylic acid groups (broad SMARTS) is 1. The molecule has 0 aromatic carbocycles. The van der Waals surface area contributed by atoms with Crippen molar-refractivity contribution >= 4 is 5.97 Å². The lowest BCUT2D eigenvalue weighted by Crippen LogP contribution is -2.55. The number of carbonyl (C=O) groups is 1. The lowest BCUT2D eigenvalue weighted by Gasteiger charge is -2.32. The van der Waals surface area contributed by atoms with Crippen LogP contribution < -0.4 is 5.32 Å². The van der Waals surface area contributed by atoms with Crippen molar-refractivity contribution < 1.29 is 9.90 Å².